The Kier molecular flexibility index (Phi) is 9.44. The topological polar surface area (TPSA) is 87.1 Å². The minimum atomic E-state index is -0.818. The molecule has 2 amide bonds. The van der Waals surface area contributed by atoms with E-state index in [0.717, 1.165) is 23.2 Å². The number of aliphatic hydroxyl groups is 1. The van der Waals surface area contributed by atoms with Crippen LogP contribution in [-0.4, -0.2) is 69.1 Å². The Balaban J connectivity index is 1.82. The molecule has 41 heavy (non-hydrogen) atoms. The number of likely N-dealkylation sites (tertiary alicyclic amines) is 1. The molecule has 3 heterocycles. The molecule has 1 aromatic rings. The van der Waals surface area contributed by atoms with Gasteiger partial charge in [0.05, 0.1) is 35.8 Å². The molecule has 0 aromatic heterocycles. The highest BCUT2D eigenvalue weighted by molar-refractivity contribution is 8.02. The van der Waals surface area contributed by atoms with Crippen molar-refractivity contribution >= 4 is 35.2 Å². The molecule has 2 bridgehead atoms. The highest BCUT2D eigenvalue weighted by Crippen LogP contribution is 2.72. The monoisotopic (exact) mass is 582 g/mol. The van der Waals surface area contributed by atoms with E-state index < -0.39 is 33.4 Å². The van der Waals surface area contributed by atoms with Gasteiger partial charge in [-0.2, -0.15) is 0 Å². The van der Waals surface area contributed by atoms with Crippen LogP contribution in [0.25, 0.3) is 0 Å². The molecule has 1 aromatic carbocycles. The lowest BCUT2D eigenvalue weighted by molar-refractivity contribution is -0.156. The number of hydrogen-bond acceptors (Lipinski definition) is 6. The lowest BCUT2D eigenvalue weighted by atomic mass is 9.66. The number of hydrogen-bond donors (Lipinski definition) is 1. The van der Waals surface area contributed by atoms with Crippen molar-refractivity contribution < 1.29 is 24.2 Å². The number of fused-ring (bicyclic) bond motifs is 1. The zero-order valence-corrected chi connectivity index (χ0v) is 26.0. The van der Waals surface area contributed by atoms with E-state index >= 15 is 0 Å². The summed E-state index contributed by atoms with van der Waals surface area (Å²) in [6.45, 7) is 18.1. The number of aryl methyl sites for hydroxylation is 2. The fraction of sp³-hybridized carbons (Fsp3) is 0.606. The lowest BCUT2D eigenvalue weighted by Crippen LogP contribution is -2.58. The summed E-state index contributed by atoms with van der Waals surface area (Å²) in [5.41, 5.74) is 2.76. The van der Waals surface area contributed by atoms with Gasteiger partial charge in [0.2, 0.25) is 5.91 Å². The van der Waals surface area contributed by atoms with Crippen LogP contribution in [0.5, 0.6) is 0 Å². The Morgan fingerprint density at radius 2 is 1.98 bits per heavy atom. The minimum absolute atomic E-state index is 0.187. The van der Waals surface area contributed by atoms with Crippen LogP contribution in [0.15, 0.2) is 43.5 Å². The molecule has 2 unspecified atom stereocenters. The van der Waals surface area contributed by atoms with Crippen molar-refractivity contribution in [2.75, 3.05) is 24.7 Å². The maximum Gasteiger partial charge on any atom is 0.311 e. The first-order valence-corrected chi connectivity index (χ1v) is 15.7. The van der Waals surface area contributed by atoms with Crippen LogP contribution >= 0.6 is 11.8 Å². The highest BCUT2D eigenvalue weighted by atomic mass is 32.2. The summed E-state index contributed by atoms with van der Waals surface area (Å²) in [4.78, 5) is 46.4. The number of aliphatic hydroxyl groups excluding tert-OH is 1. The first kappa shape index (κ1) is 31.4. The lowest BCUT2D eigenvalue weighted by Gasteiger charge is -2.40. The van der Waals surface area contributed by atoms with Crippen LogP contribution < -0.4 is 4.90 Å². The molecule has 3 aliphatic heterocycles. The van der Waals surface area contributed by atoms with Crippen LogP contribution in [0.3, 0.4) is 0 Å². The number of carbonyl (C=O) groups is 3. The maximum atomic E-state index is 14.9. The van der Waals surface area contributed by atoms with E-state index in [9.17, 15) is 19.5 Å². The van der Waals surface area contributed by atoms with E-state index in [2.05, 4.69) is 13.2 Å². The minimum Gasteiger partial charge on any atom is -0.465 e. The quantitative estimate of drug-likeness (QED) is 0.195. The molecule has 1 spiro atoms. The van der Waals surface area contributed by atoms with Crippen molar-refractivity contribution in [3.8, 4) is 0 Å². The molecule has 3 aliphatic rings. The first-order chi connectivity index (χ1) is 19.5. The van der Waals surface area contributed by atoms with Crippen LogP contribution in [0.2, 0.25) is 0 Å². The number of carbonyl (C=O) groups excluding carboxylic acids is 3. The van der Waals surface area contributed by atoms with Gasteiger partial charge >= 0.3 is 5.97 Å². The zero-order valence-electron chi connectivity index (χ0n) is 25.2. The van der Waals surface area contributed by atoms with Crippen molar-refractivity contribution in [2.24, 2.45) is 17.8 Å². The van der Waals surface area contributed by atoms with Gasteiger partial charge in [-0.25, -0.2) is 0 Å². The van der Waals surface area contributed by atoms with Gasteiger partial charge < -0.3 is 19.6 Å². The summed E-state index contributed by atoms with van der Waals surface area (Å²) in [5.74, 6) is -1.90. The van der Waals surface area contributed by atoms with Crippen LogP contribution in [0.1, 0.15) is 64.0 Å². The van der Waals surface area contributed by atoms with Crippen molar-refractivity contribution in [3.63, 3.8) is 0 Å². The molecule has 224 valence electrons. The average Bonchev–Trinajstić information content (AvgIpc) is 3.50. The zero-order chi connectivity index (χ0) is 30.1. The molecule has 7 nitrogen and oxygen atoms in total. The van der Waals surface area contributed by atoms with Gasteiger partial charge in [-0.3, -0.25) is 14.4 Å². The Labute approximate surface area is 249 Å². The number of benzene rings is 1. The van der Waals surface area contributed by atoms with Gasteiger partial charge in [0.1, 0.15) is 6.04 Å². The number of allylic oxidation sites excluding steroid dienone is 1. The van der Waals surface area contributed by atoms with E-state index in [1.807, 2.05) is 52.8 Å². The second-order valence-electron chi connectivity index (χ2n) is 12.6. The predicted molar refractivity (Wildman–Crippen MR) is 165 cm³/mol. The van der Waals surface area contributed by atoms with Crippen LogP contribution in [0.4, 0.5) is 5.69 Å². The van der Waals surface area contributed by atoms with Crippen molar-refractivity contribution in [1.82, 2.24) is 4.90 Å². The molecule has 0 radical (unpaired) electrons. The molecular weight excluding hydrogens is 536 g/mol. The SMILES string of the molecule is C=CCCCOC(=O)[C@H]1[C@H]2C(=O)N([C@@H](CO)CC(C)C)C(C(=O)N(CC=C)c3cc(C)ccc3C)C23CC[C@]1(C)S3. The van der Waals surface area contributed by atoms with Crippen LogP contribution in [0, 0.1) is 31.6 Å². The van der Waals surface area contributed by atoms with Crippen LogP contribution in [-0.2, 0) is 19.1 Å². The highest BCUT2D eigenvalue weighted by Gasteiger charge is 2.78. The Morgan fingerprint density at radius 3 is 2.61 bits per heavy atom. The summed E-state index contributed by atoms with van der Waals surface area (Å²) in [5, 5.41) is 10.6. The first-order valence-electron chi connectivity index (χ1n) is 14.9. The third-order valence-corrected chi connectivity index (χ3v) is 11.1. The van der Waals surface area contributed by atoms with Gasteiger partial charge in [-0.1, -0.05) is 38.1 Å². The number of thioether (sulfide) groups is 1. The van der Waals surface area contributed by atoms with Crippen molar-refractivity contribution in [3.05, 3.63) is 54.6 Å². The maximum absolute atomic E-state index is 14.9. The number of rotatable bonds is 13. The molecular formula is C33H46N2O5S. The molecule has 4 rings (SSSR count). The third kappa shape index (κ3) is 5.50. The number of amides is 2. The number of anilines is 1. The van der Waals surface area contributed by atoms with Gasteiger partial charge in [0, 0.05) is 17.0 Å². The average molecular weight is 583 g/mol. The second kappa shape index (κ2) is 12.3. The van der Waals surface area contributed by atoms with Gasteiger partial charge in [-0.05, 0) is 76.0 Å². The standard InChI is InChI=1S/C33H46N2O5S/c1-8-10-11-17-40-31(39)27-26-29(37)35(24(20-36)18-21(3)4)28(33(26)15-14-32(27,7)41-33)30(38)34(16-9-2)25-19-22(5)12-13-23(25)6/h8-9,12-13,19,21,24,26-28,36H,1-2,10-11,14-18,20H2,3-7H3/t24-,26+,27-,28?,32+,33?/m1/s1. The normalized spacial score (nSPS) is 29.0. The van der Waals surface area contributed by atoms with E-state index in [4.69, 9.17) is 4.74 Å². The molecule has 3 saturated heterocycles. The summed E-state index contributed by atoms with van der Waals surface area (Å²) >= 11 is 1.63. The van der Waals surface area contributed by atoms with Crippen molar-refractivity contribution in [2.45, 2.75) is 88.3 Å². The number of ether oxygens (including phenoxy) is 1. The molecule has 1 N–H and O–H groups in total. The molecule has 6 atom stereocenters. The summed E-state index contributed by atoms with van der Waals surface area (Å²) in [6, 6.07) is 4.66. The summed E-state index contributed by atoms with van der Waals surface area (Å²) in [7, 11) is 0. The molecule has 3 fully saturated rings. The third-order valence-electron chi connectivity index (χ3n) is 9.08. The number of esters is 1. The Bertz CT molecular complexity index is 1200. The smallest absolute Gasteiger partial charge is 0.311 e. The summed E-state index contributed by atoms with van der Waals surface area (Å²) in [6.07, 6.45) is 6.83. The molecule has 0 saturated carbocycles. The Hall–Kier alpha value is -2.58. The Morgan fingerprint density at radius 1 is 1.24 bits per heavy atom. The molecule has 8 heteroatoms. The van der Waals surface area contributed by atoms with Gasteiger partial charge in [0.15, 0.2) is 0 Å². The van der Waals surface area contributed by atoms with E-state index in [1.54, 1.807) is 33.7 Å². The van der Waals surface area contributed by atoms with Gasteiger partial charge in [0.25, 0.3) is 5.91 Å². The van der Waals surface area contributed by atoms with E-state index in [0.29, 0.717) is 25.7 Å². The fourth-order valence-corrected chi connectivity index (χ4v) is 9.62. The van der Waals surface area contributed by atoms with E-state index in [-0.39, 0.29) is 43.5 Å². The molecule has 0 aliphatic carbocycles. The predicted octanol–water partition coefficient (Wildman–Crippen LogP) is 5.22. The van der Waals surface area contributed by atoms with Gasteiger partial charge in [-0.15, -0.1) is 24.9 Å². The largest absolute Gasteiger partial charge is 0.465 e. The number of unbranched alkanes of at least 4 members (excludes halogenated alkanes) is 1. The number of nitrogens with zero attached hydrogens (tertiary/aromatic N) is 2. The van der Waals surface area contributed by atoms with Crippen molar-refractivity contribution in [1.29, 1.82) is 0 Å². The van der Waals surface area contributed by atoms with E-state index in [1.165, 1.54) is 0 Å². The fourth-order valence-electron chi connectivity index (χ4n) is 7.30. The summed E-state index contributed by atoms with van der Waals surface area (Å²) < 4.78 is 4.45. The second-order valence-corrected chi connectivity index (χ2v) is 14.5.